The van der Waals surface area contributed by atoms with Crippen LogP contribution in [0, 0.1) is 3.57 Å². The average Bonchev–Trinajstić information content (AvgIpc) is 2.42. The molecule has 0 aromatic heterocycles. The normalized spacial score (nSPS) is 10.2. The highest BCUT2D eigenvalue weighted by Gasteiger charge is 2.08. The van der Waals surface area contributed by atoms with E-state index < -0.39 is 0 Å². The fourth-order valence-corrected chi connectivity index (χ4v) is 2.08. The molecule has 0 atom stereocenters. The fraction of sp³-hybridized carbons (Fsp3) is 0.133. The van der Waals surface area contributed by atoms with Crippen LogP contribution >= 0.6 is 22.6 Å². The minimum absolute atomic E-state index is 0.111. The van der Waals surface area contributed by atoms with Gasteiger partial charge in [-0.05, 0) is 52.9 Å². The van der Waals surface area contributed by atoms with Crippen LogP contribution < -0.4 is 5.32 Å². The van der Waals surface area contributed by atoms with Crippen LogP contribution in [0.25, 0.3) is 0 Å². The molecule has 0 radical (unpaired) electrons. The maximum Gasteiger partial charge on any atom is 0.255 e. The Morgan fingerprint density at radius 3 is 2.53 bits per heavy atom. The topological polar surface area (TPSA) is 38.3 Å². The third-order valence-corrected chi connectivity index (χ3v) is 3.39. The van der Waals surface area contributed by atoms with E-state index in [4.69, 9.17) is 4.74 Å². The second-order valence-corrected chi connectivity index (χ2v) is 5.30. The summed E-state index contributed by atoms with van der Waals surface area (Å²) in [4.78, 5) is 12.1. The number of hydrogen-bond donors (Lipinski definition) is 1. The van der Waals surface area contributed by atoms with Crippen molar-refractivity contribution in [3.05, 3.63) is 63.2 Å². The Hall–Kier alpha value is -1.40. The minimum Gasteiger partial charge on any atom is -0.380 e. The van der Waals surface area contributed by atoms with Crippen LogP contribution in [-0.2, 0) is 11.3 Å². The van der Waals surface area contributed by atoms with Gasteiger partial charge in [0.15, 0.2) is 0 Å². The van der Waals surface area contributed by atoms with Crippen molar-refractivity contribution in [2.24, 2.45) is 0 Å². The Kier molecular flexibility index (Phi) is 4.93. The molecule has 0 spiro atoms. The number of para-hydroxylation sites is 1. The van der Waals surface area contributed by atoms with Gasteiger partial charge in [-0.3, -0.25) is 4.79 Å². The quantitative estimate of drug-likeness (QED) is 0.838. The summed E-state index contributed by atoms with van der Waals surface area (Å²) in [5.74, 6) is -0.111. The van der Waals surface area contributed by atoms with E-state index in [1.165, 1.54) is 0 Å². The second kappa shape index (κ2) is 6.68. The highest BCUT2D eigenvalue weighted by Crippen LogP contribution is 2.17. The predicted molar refractivity (Wildman–Crippen MR) is 84.3 cm³/mol. The first-order valence-electron chi connectivity index (χ1n) is 5.84. The summed E-state index contributed by atoms with van der Waals surface area (Å²) in [5, 5.41) is 2.91. The molecule has 0 aliphatic carbocycles. The van der Waals surface area contributed by atoms with Crippen LogP contribution in [0.15, 0.2) is 48.5 Å². The molecular formula is C15H14INO2. The molecule has 0 saturated carbocycles. The van der Waals surface area contributed by atoms with Crippen LogP contribution in [0.2, 0.25) is 0 Å². The van der Waals surface area contributed by atoms with E-state index in [0.717, 1.165) is 14.8 Å². The maximum atomic E-state index is 12.1. The van der Waals surface area contributed by atoms with Crippen molar-refractivity contribution >= 4 is 34.2 Å². The van der Waals surface area contributed by atoms with E-state index in [-0.39, 0.29) is 5.91 Å². The number of carbonyl (C=O) groups is 1. The van der Waals surface area contributed by atoms with E-state index >= 15 is 0 Å². The van der Waals surface area contributed by atoms with Crippen LogP contribution in [0.5, 0.6) is 0 Å². The molecule has 0 fully saturated rings. The van der Waals surface area contributed by atoms with Gasteiger partial charge in [-0.2, -0.15) is 0 Å². The smallest absolute Gasteiger partial charge is 0.255 e. The summed E-state index contributed by atoms with van der Waals surface area (Å²) in [7, 11) is 1.64. The van der Waals surface area contributed by atoms with Crippen molar-refractivity contribution in [3.8, 4) is 0 Å². The summed E-state index contributed by atoms with van der Waals surface area (Å²) in [6, 6.07) is 15.1. The number of ether oxygens (including phenoxy) is 1. The zero-order chi connectivity index (χ0) is 13.7. The minimum atomic E-state index is -0.111. The molecule has 1 N–H and O–H groups in total. The number of amides is 1. The van der Waals surface area contributed by atoms with Gasteiger partial charge in [-0.25, -0.2) is 0 Å². The summed E-state index contributed by atoms with van der Waals surface area (Å²) >= 11 is 2.21. The fourth-order valence-electron chi connectivity index (χ4n) is 1.72. The number of methoxy groups -OCH3 is 1. The third-order valence-electron chi connectivity index (χ3n) is 2.67. The number of nitrogens with one attached hydrogen (secondary N) is 1. The lowest BCUT2D eigenvalue weighted by atomic mass is 10.1. The third kappa shape index (κ3) is 3.78. The Bertz CT molecular complexity index is 567. The van der Waals surface area contributed by atoms with Gasteiger partial charge >= 0.3 is 0 Å². The molecule has 4 heteroatoms. The van der Waals surface area contributed by atoms with Gasteiger partial charge in [0.1, 0.15) is 0 Å². The first-order valence-corrected chi connectivity index (χ1v) is 6.92. The van der Waals surface area contributed by atoms with Gasteiger partial charge < -0.3 is 10.1 Å². The van der Waals surface area contributed by atoms with E-state index in [1.54, 1.807) is 7.11 Å². The van der Waals surface area contributed by atoms with Gasteiger partial charge in [-0.15, -0.1) is 0 Å². The lowest BCUT2D eigenvalue weighted by Crippen LogP contribution is -2.13. The number of halogens is 1. The maximum absolute atomic E-state index is 12.1. The molecule has 2 aromatic carbocycles. The van der Waals surface area contributed by atoms with E-state index in [0.29, 0.717) is 12.2 Å². The van der Waals surface area contributed by atoms with Crippen molar-refractivity contribution in [1.82, 2.24) is 0 Å². The molecule has 3 nitrogen and oxygen atoms in total. The van der Waals surface area contributed by atoms with Crippen molar-refractivity contribution in [2.45, 2.75) is 6.61 Å². The predicted octanol–water partition coefficient (Wildman–Crippen LogP) is 3.69. The van der Waals surface area contributed by atoms with E-state index in [1.807, 2.05) is 48.5 Å². The molecule has 0 bridgehead atoms. The molecule has 0 saturated heterocycles. The van der Waals surface area contributed by atoms with Crippen molar-refractivity contribution in [1.29, 1.82) is 0 Å². The highest BCUT2D eigenvalue weighted by molar-refractivity contribution is 14.1. The second-order valence-electron chi connectivity index (χ2n) is 4.05. The van der Waals surface area contributed by atoms with Gasteiger partial charge in [0.2, 0.25) is 0 Å². The number of anilines is 1. The lowest BCUT2D eigenvalue weighted by Gasteiger charge is -2.10. The summed E-state index contributed by atoms with van der Waals surface area (Å²) in [6.45, 7) is 0.475. The van der Waals surface area contributed by atoms with Crippen molar-refractivity contribution in [3.63, 3.8) is 0 Å². The van der Waals surface area contributed by atoms with Gasteiger partial charge in [-0.1, -0.05) is 18.2 Å². The molecular weight excluding hydrogens is 353 g/mol. The van der Waals surface area contributed by atoms with Gasteiger partial charge in [0.25, 0.3) is 5.91 Å². The van der Waals surface area contributed by atoms with Gasteiger partial charge in [0.05, 0.1) is 6.61 Å². The van der Waals surface area contributed by atoms with Crippen LogP contribution in [-0.4, -0.2) is 13.0 Å². The van der Waals surface area contributed by atoms with Gasteiger partial charge in [0, 0.05) is 27.5 Å². The number of rotatable bonds is 4. The molecule has 2 rings (SSSR count). The lowest BCUT2D eigenvalue weighted by molar-refractivity contribution is 0.102. The molecule has 2 aromatic rings. The average molecular weight is 367 g/mol. The first kappa shape index (κ1) is 14.0. The molecule has 0 unspecified atom stereocenters. The standard InChI is InChI=1S/C15H14INO2/c1-19-10-12-4-2-3-5-14(12)17-15(18)11-6-8-13(16)9-7-11/h2-9H,10H2,1H3,(H,17,18). The van der Waals surface area contributed by atoms with E-state index in [2.05, 4.69) is 27.9 Å². The molecule has 0 aliphatic heterocycles. The van der Waals surface area contributed by atoms with Crippen LogP contribution in [0.4, 0.5) is 5.69 Å². The number of hydrogen-bond acceptors (Lipinski definition) is 2. The Labute approximate surface area is 126 Å². The summed E-state index contributed by atoms with van der Waals surface area (Å²) < 4.78 is 6.22. The zero-order valence-corrected chi connectivity index (χ0v) is 12.7. The largest absolute Gasteiger partial charge is 0.380 e. The molecule has 19 heavy (non-hydrogen) atoms. The molecule has 0 aliphatic rings. The Morgan fingerprint density at radius 2 is 1.84 bits per heavy atom. The van der Waals surface area contributed by atoms with Crippen molar-refractivity contribution in [2.75, 3.05) is 12.4 Å². The zero-order valence-electron chi connectivity index (χ0n) is 10.5. The number of carbonyl (C=O) groups excluding carboxylic acids is 1. The Morgan fingerprint density at radius 1 is 1.16 bits per heavy atom. The first-order chi connectivity index (χ1) is 9.20. The summed E-state index contributed by atoms with van der Waals surface area (Å²) in [6.07, 6.45) is 0. The summed E-state index contributed by atoms with van der Waals surface area (Å²) in [5.41, 5.74) is 2.39. The van der Waals surface area contributed by atoms with Crippen LogP contribution in [0.1, 0.15) is 15.9 Å². The van der Waals surface area contributed by atoms with Crippen LogP contribution in [0.3, 0.4) is 0 Å². The van der Waals surface area contributed by atoms with Crippen molar-refractivity contribution < 1.29 is 9.53 Å². The Balaban J connectivity index is 2.16. The van der Waals surface area contributed by atoms with E-state index in [9.17, 15) is 4.79 Å². The number of benzene rings is 2. The SMILES string of the molecule is COCc1ccccc1NC(=O)c1ccc(I)cc1. The highest BCUT2D eigenvalue weighted by atomic mass is 127. The monoisotopic (exact) mass is 367 g/mol. The molecule has 1 amide bonds. The molecule has 0 heterocycles. The molecule has 98 valence electrons.